The van der Waals surface area contributed by atoms with Crippen molar-refractivity contribution in [3.63, 3.8) is 0 Å². The summed E-state index contributed by atoms with van der Waals surface area (Å²) in [5.74, 6) is 1.65. The van der Waals surface area contributed by atoms with E-state index in [1.54, 1.807) is 6.26 Å². The maximum atomic E-state index is 5.78. The zero-order valence-electron chi connectivity index (χ0n) is 12.8. The van der Waals surface area contributed by atoms with Gasteiger partial charge in [0.15, 0.2) is 0 Å². The van der Waals surface area contributed by atoms with E-state index in [-0.39, 0.29) is 0 Å². The molecule has 2 heterocycles. The molecule has 22 heavy (non-hydrogen) atoms. The van der Waals surface area contributed by atoms with Crippen molar-refractivity contribution >= 4 is 17.9 Å². The van der Waals surface area contributed by atoms with Crippen LogP contribution in [0.15, 0.2) is 57.3 Å². The van der Waals surface area contributed by atoms with Gasteiger partial charge in [0.25, 0.3) is 5.84 Å². The third-order valence-electron chi connectivity index (χ3n) is 3.94. The lowest BCUT2D eigenvalue weighted by Gasteiger charge is -2.30. The minimum absolute atomic E-state index is 0.589. The average molecular weight is 297 g/mol. The summed E-state index contributed by atoms with van der Waals surface area (Å²) in [6, 6.07) is 11.8. The van der Waals surface area contributed by atoms with Crippen LogP contribution in [0.2, 0.25) is 0 Å². The van der Waals surface area contributed by atoms with Gasteiger partial charge in [-0.3, -0.25) is 0 Å². The van der Waals surface area contributed by atoms with Crippen molar-refractivity contribution < 1.29 is 8.90 Å². The summed E-state index contributed by atoms with van der Waals surface area (Å²) in [5, 5.41) is 8.53. The molecule has 0 spiro atoms. The number of rotatable bonds is 6. The third kappa shape index (κ3) is 2.80. The SMILES string of the molecule is CCCC[N@+]1(Cc2ccc(N)cc2)C=NN=C1c1ccco1. The molecule has 0 aliphatic carbocycles. The van der Waals surface area contributed by atoms with Gasteiger partial charge in [-0.25, -0.2) is 4.48 Å². The third-order valence-corrected chi connectivity index (χ3v) is 3.94. The number of quaternary nitrogens is 1. The average Bonchev–Trinajstić information content (AvgIpc) is 3.17. The quantitative estimate of drug-likeness (QED) is 0.656. The first kappa shape index (κ1) is 14.5. The minimum atomic E-state index is 0.589. The Kier molecular flexibility index (Phi) is 4.06. The molecule has 0 fully saturated rings. The Balaban J connectivity index is 1.92. The molecule has 0 saturated heterocycles. The fraction of sp³-hybridized carbons (Fsp3) is 0.294. The summed E-state index contributed by atoms with van der Waals surface area (Å²) in [6.07, 6.45) is 5.82. The molecule has 1 aromatic carbocycles. The van der Waals surface area contributed by atoms with Gasteiger partial charge < -0.3 is 10.2 Å². The summed E-state index contributed by atoms with van der Waals surface area (Å²) < 4.78 is 6.15. The zero-order chi connectivity index (χ0) is 15.4. The Hall–Kier alpha value is -2.40. The summed E-state index contributed by atoms with van der Waals surface area (Å²) in [4.78, 5) is 0. The highest BCUT2D eigenvalue weighted by Gasteiger charge is 2.39. The van der Waals surface area contributed by atoms with Crippen molar-refractivity contribution in [3.05, 3.63) is 54.0 Å². The van der Waals surface area contributed by atoms with Gasteiger partial charge in [0.05, 0.1) is 12.8 Å². The maximum Gasteiger partial charge on any atom is 0.296 e. The number of unbranched alkanes of at least 4 members (excludes halogenated alkanes) is 1. The fourth-order valence-electron chi connectivity index (χ4n) is 2.75. The number of nitrogen functional groups attached to an aromatic ring is 1. The van der Waals surface area contributed by atoms with Crippen LogP contribution in [0.1, 0.15) is 31.1 Å². The molecule has 1 aliphatic rings. The number of amidine groups is 1. The highest BCUT2D eigenvalue weighted by molar-refractivity contribution is 5.96. The summed E-state index contributed by atoms with van der Waals surface area (Å²) >= 11 is 0. The summed E-state index contributed by atoms with van der Waals surface area (Å²) in [6.45, 7) is 3.93. The van der Waals surface area contributed by atoms with Gasteiger partial charge in [0.1, 0.15) is 6.54 Å². The molecule has 0 saturated carbocycles. The van der Waals surface area contributed by atoms with Crippen LogP contribution >= 0.6 is 0 Å². The second-order valence-electron chi connectivity index (χ2n) is 5.64. The van der Waals surface area contributed by atoms with Crippen LogP contribution in [0.5, 0.6) is 0 Å². The Morgan fingerprint density at radius 3 is 2.68 bits per heavy atom. The predicted octanol–water partition coefficient (Wildman–Crippen LogP) is 3.38. The number of nitrogens with two attached hydrogens (primary N) is 1. The standard InChI is InChI=1S/C17H21N4O/c1-2-3-10-21(12-14-6-8-15(18)9-7-14)13-19-20-17(21)16-5-4-11-22-16/h4-9,11,13H,2-3,10,12,18H2,1H3/q+1/t21-/m0/s1. The molecule has 0 radical (unpaired) electrons. The molecule has 0 bridgehead atoms. The maximum absolute atomic E-state index is 5.78. The number of anilines is 1. The van der Waals surface area contributed by atoms with Gasteiger partial charge >= 0.3 is 0 Å². The summed E-state index contributed by atoms with van der Waals surface area (Å²) in [7, 11) is 0. The fourth-order valence-corrected chi connectivity index (χ4v) is 2.75. The van der Waals surface area contributed by atoms with Crippen LogP contribution in [0.25, 0.3) is 0 Å². The smallest absolute Gasteiger partial charge is 0.296 e. The van der Waals surface area contributed by atoms with Crippen LogP contribution < -0.4 is 5.73 Å². The molecule has 5 heteroatoms. The normalized spacial score (nSPS) is 20.3. The molecule has 0 unspecified atom stereocenters. The number of hydrogen-bond donors (Lipinski definition) is 1. The van der Waals surface area contributed by atoms with E-state index in [4.69, 9.17) is 10.2 Å². The van der Waals surface area contributed by atoms with E-state index < -0.39 is 0 Å². The highest BCUT2D eigenvalue weighted by Crippen LogP contribution is 2.24. The van der Waals surface area contributed by atoms with E-state index in [1.807, 2.05) is 30.6 Å². The van der Waals surface area contributed by atoms with E-state index in [0.717, 1.165) is 43.2 Å². The number of hydrogen-bond acceptors (Lipinski definition) is 4. The minimum Gasteiger partial charge on any atom is -0.457 e. The largest absolute Gasteiger partial charge is 0.457 e. The van der Waals surface area contributed by atoms with Crippen LogP contribution in [-0.4, -0.2) is 23.2 Å². The van der Waals surface area contributed by atoms with E-state index in [0.29, 0.717) is 4.48 Å². The number of nitrogens with zero attached hydrogens (tertiary/aromatic N) is 3. The van der Waals surface area contributed by atoms with Gasteiger partial charge in [-0.1, -0.05) is 35.7 Å². The topological polar surface area (TPSA) is 63.9 Å². The molecular weight excluding hydrogens is 276 g/mol. The van der Waals surface area contributed by atoms with Gasteiger partial charge in [-0.05, 0) is 30.7 Å². The molecule has 3 rings (SSSR count). The van der Waals surface area contributed by atoms with Crippen molar-refractivity contribution in [2.75, 3.05) is 12.3 Å². The first-order valence-electron chi connectivity index (χ1n) is 7.61. The van der Waals surface area contributed by atoms with Gasteiger partial charge in [-0.15, -0.1) is 0 Å². The Bertz CT molecular complexity index is 673. The zero-order valence-corrected chi connectivity index (χ0v) is 12.8. The lowest BCUT2D eigenvalue weighted by atomic mass is 10.1. The second kappa shape index (κ2) is 6.15. The number of benzene rings is 1. The Morgan fingerprint density at radius 2 is 2.00 bits per heavy atom. The van der Waals surface area contributed by atoms with Crippen molar-refractivity contribution in [1.82, 2.24) is 0 Å². The van der Waals surface area contributed by atoms with Gasteiger partial charge in [-0.2, -0.15) is 0 Å². The van der Waals surface area contributed by atoms with Crippen LogP contribution in [0.4, 0.5) is 5.69 Å². The molecule has 1 aliphatic heterocycles. The van der Waals surface area contributed by atoms with E-state index in [2.05, 4.69) is 29.3 Å². The Labute approximate surface area is 130 Å². The molecule has 114 valence electrons. The van der Waals surface area contributed by atoms with Crippen LogP contribution in [-0.2, 0) is 6.54 Å². The molecule has 5 nitrogen and oxygen atoms in total. The summed E-state index contributed by atoms with van der Waals surface area (Å²) in [5.41, 5.74) is 7.77. The van der Waals surface area contributed by atoms with E-state index in [9.17, 15) is 0 Å². The first-order chi connectivity index (χ1) is 10.7. The second-order valence-corrected chi connectivity index (χ2v) is 5.64. The number of furan rings is 1. The van der Waals surface area contributed by atoms with Crippen molar-refractivity contribution in [2.45, 2.75) is 26.3 Å². The van der Waals surface area contributed by atoms with Crippen molar-refractivity contribution in [2.24, 2.45) is 10.2 Å². The molecule has 0 amide bonds. The van der Waals surface area contributed by atoms with Gasteiger partial charge in [0.2, 0.25) is 12.1 Å². The Morgan fingerprint density at radius 1 is 1.18 bits per heavy atom. The van der Waals surface area contributed by atoms with Crippen LogP contribution in [0, 0.1) is 0 Å². The highest BCUT2D eigenvalue weighted by atomic mass is 16.3. The van der Waals surface area contributed by atoms with E-state index >= 15 is 0 Å². The monoisotopic (exact) mass is 297 g/mol. The lowest BCUT2D eigenvalue weighted by molar-refractivity contribution is -0.753. The lowest BCUT2D eigenvalue weighted by Crippen LogP contribution is -2.50. The molecule has 1 atom stereocenters. The van der Waals surface area contributed by atoms with Crippen molar-refractivity contribution in [3.8, 4) is 0 Å². The molecule has 2 aromatic rings. The predicted molar refractivity (Wildman–Crippen MR) is 88.3 cm³/mol. The van der Waals surface area contributed by atoms with Gasteiger partial charge in [0, 0.05) is 11.3 Å². The molecule has 2 N–H and O–H groups in total. The van der Waals surface area contributed by atoms with E-state index in [1.165, 1.54) is 5.56 Å². The first-order valence-corrected chi connectivity index (χ1v) is 7.61. The molecular formula is C17H21N4O+. The molecule has 1 aromatic heterocycles. The van der Waals surface area contributed by atoms with Crippen LogP contribution in [0.3, 0.4) is 0 Å². The van der Waals surface area contributed by atoms with Crippen molar-refractivity contribution in [1.29, 1.82) is 0 Å².